The summed E-state index contributed by atoms with van der Waals surface area (Å²) in [4.78, 5) is 0. The summed E-state index contributed by atoms with van der Waals surface area (Å²) in [5.41, 5.74) is 6.59. The molecule has 1 aromatic carbocycles. The zero-order valence-corrected chi connectivity index (χ0v) is 9.28. The summed E-state index contributed by atoms with van der Waals surface area (Å²) < 4.78 is 5.16. The van der Waals surface area contributed by atoms with Crippen LogP contribution < -0.4 is 15.8 Å². The van der Waals surface area contributed by atoms with Gasteiger partial charge in [0.25, 0.3) is 0 Å². The number of hydrogen-bond acceptors (Lipinski definition) is 4. The number of ether oxygens (including phenoxy) is 1. The summed E-state index contributed by atoms with van der Waals surface area (Å²) in [6, 6.07) is 9.65. The van der Waals surface area contributed by atoms with E-state index in [1.165, 1.54) is 5.56 Å². The average Bonchev–Trinajstić information content (AvgIpc) is 2.33. The van der Waals surface area contributed by atoms with Crippen molar-refractivity contribution in [2.24, 2.45) is 5.73 Å². The molecule has 0 aliphatic heterocycles. The van der Waals surface area contributed by atoms with E-state index in [0.29, 0.717) is 6.54 Å². The van der Waals surface area contributed by atoms with Crippen molar-refractivity contribution in [3.05, 3.63) is 29.8 Å². The third kappa shape index (κ3) is 4.78. The Morgan fingerprint density at radius 1 is 1.31 bits per heavy atom. The van der Waals surface area contributed by atoms with Gasteiger partial charge in [0, 0.05) is 6.54 Å². The van der Waals surface area contributed by atoms with Crippen LogP contribution in [0.5, 0.6) is 5.75 Å². The first kappa shape index (κ1) is 12.5. The van der Waals surface area contributed by atoms with Crippen molar-refractivity contribution in [2.75, 3.05) is 19.7 Å². The number of nitrogens with one attached hydrogen (secondary N) is 1. The molecule has 0 radical (unpaired) electrons. The predicted octanol–water partition coefficient (Wildman–Crippen LogP) is 1.03. The highest BCUT2D eigenvalue weighted by Crippen LogP contribution is 2.11. The second kappa shape index (κ2) is 7.69. The first-order valence-electron chi connectivity index (χ1n) is 5.36. The van der Waals surface area contributed by atoms with Crippen LogP contribution >= 0.6 is 0 Å². The first-order chi connectivity index (χ1) is 7.86. The molecule has 1 rings (SSSR count). The molecule has 0 aliphatic rings. The maximum atomic E-state index is 8.35. The predicted molar refractivity (Wildman–Crippen MR) is 62.9 cm³/mol. The lowest BCUT2D eigenvalue weighted by Crippen LogP contribution is -2.17. The topological polar surface area (TPSA) is 71.1 Å². The van der Waals surface area contributed by atoms with E-state index in [9.17, 15) is 0 Å². The van der Waals surface area contributed by atoms with E-state index in [-0.39, 0.29) is 6.61 Å². The maximum Gasteiger partial charge on any atom is 0.174 e. The highest BCUT2D eigenvalue weighted by atomic mass is 16.5. The van der Waals surface area contributed by atoms with Gasteiger partial charge < -0.3 is 15.8 Å². The summed E-state index contributed by atoms with van der Waals surface area (Å²) >= 11 is 0. The standard InChI is InChI=1S/C12H17N3O/c13-6-1-8-15-10-11-2-4-12(5-3-11)16-9-7-14/h2-5,15H,1,6,8-10,13H2. The van der Waals surface area contributed by atoms with Gasteiger partial charge >= 0.3 is 0 Å². The van der Waals surface area contributed by atoms with Crippen molar-refractivity contribution in [1.29, 1.82) is 5.26 Å². The number of nitrogens with two attached hydrogens (primary N) is 1. The lowest BCUT2D eigenvalue weighted by atomic mass is 10.2. The molecule has 0 unspecified atom stereocenters. The van der Waals surface area contributed by atoms with Crippen LogP contribution in [-0.2, 0) is 6.54 Å². The fourth-order valence-electron chi connectivity index (χ4n) is 1.28. The summed E-state index contributed by atoms with van der Waals surface area (Å²) in [7, 11) is 0. The van der Waals surface area contributed by atoms with E-state index >= 15 is 0 Å². The lowest BCUT2D eigenvalue weighted by molar-refractivity contribution is 0.368. The molecule has 1 aromatic rings. The van der Waals surface area contributed by atoms with Gasteiger partial charge in [0.15, 0.2) is 6.61 Å². The number of nitriles is 1. The van der Waals surface area contributed by atoms with Gasteiger partial charge in [-0.1, -0.05) is 12.1 Å². The lowest BCUT2D eigenvalue weighted by Gasteiger charge is -2.05. The minimum absolute atomic E-state index is 0.0914. The van der Waals surface area contributed by atoms with Crippen LogP contribution in [0.1, 0.15) is 12.0 Å². The quantitative estimate of drug-likeness (QED) is 0.672. The Labute approximate surface area is 96.0 Å². The van der Waals surface area contributed by atoms with Crippen LogP contribution in [0.2, 0.25) is 0 Å². The van der Waals surface area contributed by atoms with Gasteiger partial charge in [0.1, 0.15) is 11.8 Å². The molecule has 3 N–H and O–H groups in total. The third-order valence-corrected chi connectivity index (χ3v) is 2.11. The Balaban J connectivity index is 2.31. The Kier molecular flexibility index (Phi) is 6.00. The molecule has 0 saturated heterocycles. The summed E-state index contributed by atoms with van der Waals surface area (Å²) in [5, 5.41) is 11.6. The zero-order chi connectivity index (χ0) is 11.6. The molecule has 0 heterocycles. The van der Waals surface area contributed by atoms with Gasteiger partial charge in [-0.2, -0.15) is 5.26 Å². The van der Waals surface area contributed by atoms with Crippen LogP contribution in [0.3, 0.4) is 0 Å². The van der Waals surface area contributed by atoms with Crippen LogP contribution in [0.4, 0.5) is 0 Å². The van der Waals surface area contributed by atoms with Crippen LogP contribution in [0, 0.1) is 11.3 Å². The van der Waals surface area contributed by atoms with Crippen molar-refractivity contribution < 1.29 is 4.74 Å². The summed E-state index contributed by atoms with van der Waals surface area (Å²) in [6.07, 6.45) is 0.989. The van der Waals surface area contributed by atoms with Crippen molar-refractivity contribution in [3.63, 3.8) is 0 Å². The highest BCUT2D eigenvalue weighted by molar-refractivity contribution is 5.27. The molecule has 0 spiro atoms. The number of benzene rings is 1. The Hall–Kier alpha value is -1.57. The smallest absolute Gasteiger partial charge is 0.174 e. The Morgan fingerprint density at radius 3 is 2.69 bits per heavy atom. The van der Waals surface area contributed by atoms with E-state index in [2.05, 4.69) is 5.32 Å². The molecule has 4 heteroatoms. The highest BCUT2D eigenvalue weighted by Gasteiger charge is 1.95. The van der Waals surface area contributed by atoms with Gasteiger partial charge in [0.05, 0.1) is 0 Å². The number of nitrogens with zero attached hydrogens (tertiary/aromatic N) is 1. The molecule has 0 fully saturated rings. The summed E-state index contributed by atoms with van der Waals surface area (Å²) in [5.74, 6) is 0.729. The maximum absolute atomic E-state index is 8.35. The van der Waals surface area contributed by atoms with Crippen molar-refractivity contribution >= 4 is 0 Å². The molecule has 0 aromatic heterocycles. The Bertz CT molecular complexity index is 329. The molecule has 16 heavy (non-hydrogen) atoms. The fourth-order valence-corrected chi connectivity index (χ4v) is 1.28. The molecular weight excluding hydrogens is 202 g/mol. The van der Waals surface area contributed by atoms with E-state index < -0.39 is 0 Å². The second-order valence-electron chi connectivity index (χ2n) is 3.41. The number of hydrogen-bond donors (Lipinski definition) is 2. The van der Waals surface area contributed by atoms with Crippen molar-refractivity contribution in [1.82, 2.24) is 5.32 Å². The molecule has 86 valence electrons. The van der Waals surface area contributed by atoms with Crippen LogP contribution in [0.25, 0.3) is 0 Å². The van der Waals surface area contributed by atoms with Crippen LogP contribution in [-0.4, -0.2) is 19.7 Å². The van der Waals surface area contributed by atoms with Gasteiger partial charge in [-0.25, -0.2) is 0 Å². The van der Waals surface area contributed by atoms with Gasteiger partial charge in [-0.3, -0.25) is 0 Å². The van der Waals surface area contributed by atoms with E-state index in [4.69, 9.17) is 15.7 Å². The van der Waals surface area contributed by atoms with Gasteiger partial charge in [-0.05, 0) is 37.2 Å². The third-order valence-electron chi connectivity index (χ3n) is 2.11. The van der Waals surface area contributed by atoms with Gasteiger partial charge in [-0.15, -0.1) is 0 Å². The SMILES string of the molecule is N#CCOc1ccc(CNCCCN)cc1. The van der Waals surface area contributed by atoms with Crippen LogP contribution in [0.15, 0.2) is 24.3 Å². The number of rotatable bonds is 7. The molecule has 0 saturated carbocycles. The van der Waals surface area contributed by atoms with E-state index in [0.717, 1.165) is 25.3 Å². The largest absolute Gasteiger partial charge is 0.479 e. The molecule has 4 nitrogen and oxygen atoms in total. The normalized spacial score (nSPS) is 9.75. The fraction of sp³-hybridized carbons (Fsp3) is 0.417. The molecule has 0 amide bonds. The van der Waals surface area contributed by atoms with Gasteiger partial charge in [0.2, 0.25) is 0 Å². The van der Waals surface area contributed by atoms with E-state index in [1.807, 2.05) is 30.3 Å². The molecule has 0 aliphatic carbocycles. The van der Waals surface area contributed by atoms with Crippen molar-refractivity contribution in [2.45, 2.75) is 13.0 Å². The minimum Gasteiger partial charge on any atom is -0.479 e. The first-order valence-corrected chi connectivity index (χ1v) is 5.36. The zero-order valence-electron chi connectivity index (χ0n) is 9.28. The Morgan fingerprint density at radius 2 is 2.06 bits per heavy atom. The second-order valence-corrected chi connectivity index (χ2v) is 3.41. The molecule has 0 bridgehead atoms. The minimum atomic E-state index is 0.0914. The molecular formula is C12H17N3O. The monoisotopic (exact) mass is 219 g/mol. The van der Waals surface area contributed by atoms with E-state index in [1.54, 1.807) is 0 Å². The summed E-state index contributed by atoms with van der Waals surface area (Å²) in [6.45, 7) is 2.57. The van der Waals surface area contributed by atoms with Crippen molar-refractivity contribution in [3.8, 4) is 11.8 Å². The average molecular weight is 219 g/mol. The molecule has 0 atom stereocenters.